The minimum Gasteiger partial charge on any atom is -0.319 e. The van der Waals surface area contributed by atoms with Gasteiger partial charge in [0, 0.05) is 0 Å². The Morgan fingerprint density at radius 1 is 1.64 bits per heavy atom. The summed E-state index contributed by atoms with van der Waals surface area (Å²) >= 11 is 0. The standard InChI is InChI=1S/C8H13N5O/c1-13-11-7(10-12-13)5-6(14)8(9)3-2-4-8/h2-5,9H2,1H3. The van der Waals surface area contributed by atoms with Gasteiger partial charge >= 0.3 is 0 Å². The summed E-state index contributed by atoms with van der Waals surface area (Å²) < 4.78 is 0. The highest BCUT2D eigenvalue weighted by Crippen LogP contribution is 2.30. The fraction of sp³-hybridized carbons (Fsp3) is 0.750. The van der Waals surface area contributed by atoms with E-state index in [0.29, 0.717) is 5.82 Å². The second-order valence-corrected chi connectivity index (χ2v) is 3.80. The first-order chi connectivity index (χ1) is 6.60. The molecule has 14 heavy (non-hydrogen) atoms. The third kappa shape index (κ3) is 1.52. The molecule has 1 aliphatic carbocycles. The van der Waals surface area contributed by atoms with Crippen LogP contribution in [0.3, 0.4) is 0 Å². The van der Waals surface area contributed by atoms with Gasteiger partial charge in [-0.05, 0) is 24.5 Å². The van der Waals surface area contributed by atoms with Gasteiger partial charge in [0.1, 0.15) is 0 Å². The van der Waals surface area contributed by atoms with Crippen LogP contribution in [0.15, 0.2) is 0 Å². The molecule has 0 saturated heterocycles. The number of carbonyl (C=O) groups is 1. The van der Waals surface area contributed by atoms with E-state index in [0.717, 1.165) is 19.3 Å². The van der Waals surface area contributed by atoms with Crippen LogP contribution in [0, 0.1) is 0 Å². The number of nitrogens with two attached hydrogens (primary N) is 1. The first-order valence-corrected chi connectivity index (χ1v) is 4.65. The van der Waals surface area contributed by atoms with Crippen molar-refractivity contribution in [2.75, 3.05) is 0 Å². The number of Topliss-reactive ketones (excluding diaryl/α,β-unsaturated/α-hetero) is 1. The summed E-state index contributed by atoms with van der Waals surface area (Å²) in [7, 11) is 1.67. The number of rotatable bonds is 3. The minimum atomic E-state index is -0.612. The molecule has 1 fully saturated rings. The molecule has 0 bridgehead atoms. The van der Waals surface area contributed by atoms with Crippen molar-refractivity contribution in [3.8, 4) is 0 Å². The van der Waals surface area contributed by atoms with Crippen molar-refractivity contribution >= 4 is 5.78 Å². The molecule has 6 heteroatoms. The smallest absolute Gasteiger partial charge is 0.182 e. The molecule has 0 atom stereocenters. The van der Waals surface area contributed by atoms with E-state index < -0.39 is 5.54 Å². The molecule has 76 valence electrons. The Morgan fingerprint density at radius 2 is 2.36 bits per heavy atom. The highest BCUT2D eigenvalue weighted by atomic mass is 16.1. The monoisotopic (exact) mass is 195 g/mol. The predicted molar refractivity (Wildman–Crippen MR) is 48.3 cm³/mol. The normalized spacial score (nSPS) is 19.0. The molecule has 1 aromatic heterocycles. The summed E-state index contributed by atoms with van der Waals surface area (Å²) in [5, 5.41) is 11.4. The number of hydrogen-bond acceptors (Lipinski definition) is 5. The van der Waals surface area contributed by atoms with Crippen molar-refractivity contribution < 1.29 is 4.79 Å². The molecule has 2 rings (SSSR count). The van der Waals surface area contributed by atoms with E-state index in [2.05, 4.69) is 15.4 Å². The average molecular weight is 195 g/mol. The highest BCUT2D eigenvalue weighted by Gasteiger charge is 2.39. The molecular weight excluding hydrogens is 182 g/mol. The number of carbonyl (C=O) groups excluding carboxylic acids is 1. The number of ketones is 1. The van der Waals surface area contributed by atoms with E-state index in [1.54, 1.807) is 7.05 Å². The van der Waals surface area contributed by atoms with Crippen LogP contribution in [0.1, 0.15) is 25.1 Å². The van der Waals surface area contributed by atoms with Gasteiger partial charge in [0.05, 0.1) is 19.0 Å². The Bertz CT molecular complexity index is 354. The van der Waals surface area contributed by atoms with Gasteiger partial charge in [-0.25, -0.2) is 0 Å². The van der Waals surface area contributed by atoms with Crippen molar-refractivity contribution in [1.29, 1.82) is 0 Å². The van der Waals surface area contributed by atoms with Crippen molar-refractivity contribution in [2.45, 2.75) is 31.2 Å². The topological polar surface area (TPSA) is 86.7 Å². The maximum Gasteiger partial charge on any atom is 0.182 e. The Kier molecular flexibility index (Phi) is 2.07. The van der Waals surface area contributed by atoms with Crippen molar-refractivity contribution in [3.63, 3.8) is 0 Å². The molecule has 1 saturated carbocycles. The van der Waals surface area contributed by atoms with Gasteiger partial charge in [-0.3, -0.25) is 4.79 Å². The van der Waals surface area contributed by atoms with E-state index in [-0.39, 0.29) is 12.2 Å². The molecular formula is C8H13N5O. The van der Waals surface area contributed by atoms with E-state index in [1.165, 1.54) is 4.80 Å². The minimum absolute atomic E-state index is 0.0248. The number of aryl methyl sites for hydroxylation is 1. The van der Waals surface area contributed by atoms with Crippen LogP contribution in [-0.4, -0.2) is 31.5 Å². The zero-order valence-electron chi connectivity index (χ0n) is 8.10. The largest absolute Gasteiger partial charge is 0.319 e. The summed E-state index contributed by atoms with van der Waals surface area (Å²) in [6.45, 7) is 0. The van der Waals surface area contributed by atoms with Gasteiger partial charge in [0.25, 0.3) is 0 Å². The number of tetrazole rings is 1. The average Bonchev–Trinajstić information content (AvgIpc) is 2.47. The van der Waals surface area contributed by atoms with E-state index in [9.17, 15) is 4.79 Å². The molecule has 0 spiro atoms. The Morgan fingerprint density at radius 3 is 2.79 bits per heavy atom. The van der Waals surface area contributed by atoms with Crippen LogP contribution >= 0.6 is 0 Å². The van der Waals surface area contributed by atoms with E-state index in [1.807, 2.05) is 0 Å². The summed E-state index contributed by atoms with van der Waals surface area (Å²) in [6, 6.07) is 0. The first kappa shape index (κ1) is 9.26. The molecule has 1 aliphatic rings. The molecule has 0 unspecified atom stereocenters. The maximum atomic E-state index is 11.7. The highest BCUT2D eigenvalue weighted by molar-refractivity contribution is 5.90. The zero-order valence-corrected chi connectivity index (χ0v) is 8.10. The van der Waals surface area contributed by atoms with Gasteiger partial charge in [-0.15, -0.1) is 10.2 Å². The van der Waals surface area contributed by atoms with Crippen LogP contribution in [0.4, 0.5) is 0 Å². The summed E-state index contributed by atoms with van der Waals surface area (Å²) in [5.41, 5.74) is 5.26. The van der Waals surface area contributed by atoms with Crippen LogP contribution in [0.25, 0.3) is 0 Å². The van der Waals surface area contributed by atoms with E-state index in [4.69, 9.17) is 5.73 Å². The first-order valence-electron chi connectivity index (χ1n) is 4.65. The van der Waals surface area contributed by atoms with Crippen LogP contribution < -0.4 is 5.73 Å². The third-order valence-corrected chi connectivity index (χ3v) is 2.67. The van der Waals surface area contributed by atoms with Gasteiger partial charge < -0.3 is 5.73 Å². The van der Waals surface area contributed by atoms with Crippen LogP contribution in [-0.2, 0) is 18.3 Å². The number of hydrogen-bond donors (Lipinski definition) is 1. The van der Waals surface area contributed by atoms with Crippen LogP contribution in [0.5, 0.6) is 0 Å². The van der Waals surface area contributed by atoms with Crippen LogP contribution in [0.2, 0.25) is 0 Å². The molecule has 0 amide bonds. The van der Waals surface area contributed by atoms with Crippen molar-refractivity contribution in [2.24, 2.45) is 12.8 Å². The Balaban J connectivity index is 2.01. The lowest BCUT2D eigenvalue weighted by Crippen LogP contribution is -2.54. The lowest BCUT2D eigenvalue weighted by Gasteiger charge is -2.36. The fourth-order valence-electron chi connectivity index (χ4n) is 1.55. The molecule has 2 N–H and O–H groups in total. The molecule has 0 aromatic carbocycles. The van der Waals surface area contributed by atoms with Crippen molar-refractivity contribution in [1.82, 2.24) is 20.2 Å². The molecule has 0 radical (unpaired) electrons. The summed E-state index contributed by atoms with van der Waals surface area (Å²) in [4.78, 5) is 13.0. The zero-order chi connectivity index (χ0) is 10.2. The van der Waals surface area contributed by atoms with Crippen molar-refractivity contribution in [3.05, 3.63) is 5.82 Å². The predicted octanol–water partition coefficient (Wildman–Crippen LogP) is -0.797. The molecule has 1 heterocycles. The Hall–Kier alpha value is -1.30. The van der Waals surface area contributed by atoms with Gasteiger partial charge in [-0.1, -0.05) is 0 Å². The van der Waals surface area contributed by atoms with E-state index >= 15 is 0 Å². The maximum absolute atomic E-state index is 11.7. The number of aromatic nitrogens is 4. The molecule has 1 aromatic rings. The van der Waals surface area contributed by atoms with Gasteiger partial charge in [0.2, 0.25) is 0 Å². The lowest BCUT2D eigenvalue weighted by atomic mass is 9.74. The second-order valence-electron chi connectivity index (χ2n) is 3.80. The van der Waals surface area contributed by atoms with Gasteiger partial charge in [-0.2, -0.15) is 4.80 Å². The summed E-state index contributed by atoms with van der Waals surface area (Å²) in [5.74, 6) is 0.478. The molecule has 0 aliphatic heterocycles. The second kappa shape index (κ2) is 3.13. The number of nitrogens with zero attached hydrogens (tertiary/aromatic N) is 4. The van der Waals surface area contributed by atoms with Gasteiger partial charge in [0.15, 0.2) is 11.6 Å². The quantitative estimate of drug-likeness (QED) is 0.682. The SMILES string of the molecule is Cn1nnc(CC(=O)C2(N)CCC2)n1. The lowest BCUT2D eigenvalue weighted by molar-refractivity contribution is -0.126. The third-order valence-electron chi connectivity index (χ3n) is 2.67. The fourth-order valence-corrected chi connectivity index (χ4v) is 1.55. The summed E-state index contributed by atoms with van der Waals surface area (Å²) in [6.07, 6.45) is 2.80. The Labute approximate surface area is 81.5 Å². The molecule has 6 nitrogen and oxygen atoms in total.